The molecule has 0 saturated heterocycles. The van der Waals surface area contributed by atoms with E-state index in [9.17, 15) is 9.59 Å². The lowest BCUT2D eigenvalue weighted by Gasteiger charge is -2.23. The summed E-state index contributed by atoms with van der Waals surface area (Å²) in [7, 11) is 3.30. The minimum Gasteiger partial charge on any atom is -0.341 e. The predicted molar refractivity (Wildman–Crippen MR) is 77.9 cm³/mol. The number of benzene rings is 1. The van der Waals surface area contributed by atoms with Crippen LogP contribution in [0.4, 0.5) is 4.79 Å². The fourth-order valence-electron chi connectivity index (χ4n) is 1.76. The number of imide groups is 1. The number of likely N-dealkylation sites (N-methyl/N-ethyl adjacent to an activating group) is 1. The topological polar surface area (TPSA) is 87.5 Å². The number of amides is 3. The Hall–Kier alpha value is -1.92. The number of hydrogen-bond donors (Lipinski definition) is 3. The molecule has 0 aromatic heterocycles. The maximum absolute atomic E-state index is 11.8. The molecule has 20 heavy (non-hydrogen) atoms. The van der Waals surface area contributed by atoms with Gasteiger partial charge in [-0.2, -0.15) is 0 Å². The zero-order valence-corrected chi connectivity index (χ0v) is 12.1. The third-order valence-corrected chi connectivity index (χ3v) is 3.16. The molecule has 1 rings (SSSR count). The Morgan fingerprint density at radius 2 is 2.00 bits per heavy atom. The Morgan fingerprint density at radius 1 is 1.35 bits per heavy atom. The molecule has 0 aliphatic rings. The van der Waals surface area contributed by atoms with Gasteiger partial charge in [-0.1, -0.05) is 24.3 Å². The van der Waals surface area contributed by atoms with Crippen LogP contribution in [0, 0.1) is 0 Å². The van der Waals surface area contributed by atoms with Gasteiger partial charge in [-0.05, 0) is 25.1 Å². The Kier molecular flexibility index (Phi) is 6.14. The van der Waals surface area contributed by atoms with E-state index in [1.165, 1.54) is 7.05 Å². The molecule has 110 valence electrons. The first kappa shape index (κ1) is 16.1. The SMILES string of the molecule is CNC(=O)NC(=O)C(C)N(C)Cc1cccc(CN)c1. The Morgan fingerprint density at radius 3 is 2.60 bits per heavy atom. The van der Waals surface area contributed by atoms with Gasteiger partial charge in [-0.25, -0.2) is 4.79 Å². The van der Waals surface area contributed by atoms with Gasteiger partial charge in [0.1, 0.15) is 0 Å². The lowest BCUT2D eigenvalue weighted by Crippen LogP contribution is -2.47. The van der Waals surface area contributed by atoms with Crippen molar-refractivity contribution in [2.75, 3.05) is 14.1 Å². The van der Waals surface area contributed by atoms with Gasteiger partial charge >= 0.3 is 6.03 Å². The van der Waals surface area contributed by atoms with Crippen molar-refractivity contribution in [2.24, 2.45) is 5.73 Å². The molecule has 0 aliphatic carbocycles. The highest BCUT2D eigenvalue weighted by atomic mass is 16.2. The molecule has 1 aromatic rings. The molecule has 0 saturated carbocycles. The van der Waals surface area contributed by atoms with Crippen LogP contribution in [0.3, 0.4) is 0 Å². The third-order valence-electron chi connectivity index (χ3n) is 3.16. The van der Waals surface area contributed by atoms with E-state index in [2.05, 4.69) is 10.6 Å². The fraction of sp³-hybridized carbons (Fsp3) is 0.429. The van der Waals surface area contributed by atoms with Crippen LogP contribution in [-0.4, -0.2) is 37.0 Å². The van der Waals surface area contributed by atoms with Gasteiger partial charge in [0.2, 0.25) is 5.91 Å². The molecule has 0 heterocycles. The lowest BCUT2D eigenvalue weighted by atomic mass is 10.1. The lowest BCUT2D eigenvalue weighted by molar-refractivity contribution is -0.124. The molecule has 4 N–H and O–H groups in total. The van der Waals surface area contributed by atoms with Crippen LogP contribution < -0.4 is 16.4 Å². The van der Waals surface area contributed by atoms with Gasteiger partial charge in [-0.3, -0.25) is 15.0 Å². The van der Waals surface area contributed by atoms with Gasteiger partial charge in [0.25, 0.3) is 0 Å². The van der Waals surface area contributed by atoms with Crippen molar-refractivity contribution >= 4 is 11.9 Å². The first-order valence-electron chi connectivity index (χ1n) is 6.48. The summed E-state index contributed by atoms with van der Waals surface area (Å²) >= 11 is 0. The van der Waals surface area contributed by atoms with Crippen LogP contribution in [0.5, 0.6) is 0 Å². The largest absolute Gasteiger partial charge is 0.341 e. The van der Waals surface area contributed by atoms with Gasteiger partial charge in [0.15, 0.2) is 0 Å². The standard InChI is InChI=1S/C14H22N4O2/c1-10(13(19)17-14(20)16-2)18(3)9-12-6-4-5-11(7-12)8-15/h4-7,10H,8-9,15H2,1-3H3,(H2,16,17,19,20). The number of rotatable bonds is 5. The van der Waals surface area contributed by atoms with Crippen molar-refractivity contribution in [3.05, 3.63) is 35.4 Å². The van der Waals surface area contributed by atoms with Crippen LogP contribution in [0.2, 0.25) is 0 Å². The maximum atomic E-state index is 11.8. The highest BCUT2D eigenvalue weighted by Gasteiger charge is 2.19. The molecule has 0 fully saturated rings. The first-order valence-corrected chi connectivity index (χ1v) is 6.48. The number of urea groups is 1. The summed E-state index contributed by atoms with van der Waals surface area (Å²) in [5.41, 5.74) is 7.74. The summed E-state index contributed by atoms with van der Waals surface area (Å²) in [5, 5.41) is 4.62. The van der Waals surface area contributed by atoms with Crippen molar-refractivity contribution in [1.29, 1.82) is 0 Å². The van der Waals surface area contributed by atoms with E-state index in [0.29, 0.717) is 13.1 Å². The van der Waals surface area contributed by atoms with E-state index < -0.39 is 12.1 Å². The van der Waals surface area contributed by atoms with Crippen molar-refractivity contribution in [2.45, 2.75) is 26.1 Å². The first-order chi connectivity index (χ1) is 9.47. The smallest absolute Gasteiger partial charge is 0.321 e. The summed E-state index contributed by atoms with van der Waals surface area (Å²) in [5.74, 6) is -0.332. The van der Waals surface area contributed by atoms with E-state index in [-0.39, 0.29) is 5.91 Å². The van der Waals surface area contributed by atoms with Crippen molar-refractivity contribution in [3.63, 3.8) is 0 Å². The minimum absolute atomic E-state index is 0.332. The fourth-order valence-corrected chi connectivity index (χ4v) is 1.76. The van der Waals surface area contributed by atoms with Crippen LogP contribution in [0.25, 0.3) is 0 Å². The summed E-state index contributed by atoms with van der Waals surface area (Å²) < 4.78 is 0. The van der Waals surface area contributed by atoms with Crippen molar-refractivity contribution < 1.29 is 9.59 Å². The van der Waals surface area contributed by atoms with E-state index in [0.717, 1.165) is 11.1 Å². The van der Waals surface area contributed by atoms with Crippen LogP contribution >= 0.6 is 0 Å². The Labute approximate surface area is 119 Å². The van der Waals surface area contributed by atoms with E-state index in [1.807, 2.05) is 36.2 Å². The van der Waals surface area contributed by atoms with Crippen LogP contribution in [0.1, 0.15) is 18.1 Å². The highest BCUT2D eigenvalue weighted by molar-refractivity contribution is 5.96. The average molecular weight is 278 g/mol. The van der Waals surface area contributed by atoms with Crippen molar-refractivity contribution in [3.8, 4) is 0 Å². The molecule has 0 spiro atoms. The second-order valence-corrected chi connectivity index (χ2v) is 4.68. The normalized spacial score (nSPS) is 12.1. The Balaban J connectivity index is 2.62. The third kappa shape index (κ3) is 4.64. The van der Waals surface area contributed by atoms with Crippen molar-refractivity contribution in [1.82, 2.24) is 15.5 Å². The maximum Gasteiger partial charge on any atom is 0.321 e. The van der Waals surface area contributed by atoms with Gasteiger partial charge in [-0.15, -0.1) is 0 Å². The Bertz CT molecular complexity index is 476. The minimum atomic E-state index is -0.500. The van der Waals surface area contributed by atoms with Gasteiger partial charge < -0.3 is 11.1 Å². The molecule has 3 amide bonds. The molecule has 1 unspecified atom stereocenters. The summed E-state index contributed by atoms with van der Waals surface area (Å²) in [6.45, 7) is 2.85. The average Bonchev–Trinajstić information content (AvgIpc) is 2.46. The number of nitrogens with two attached hydrogens (primary N) is 1. The van der Waals surface area contributed by atoms with Gasteiger partial charge in [0, 0.05) is 20.1 Å². The zero-order valence-electron chi connectivity index (χ0n) is 12.1. The molecule has 0 radical (unpaired) electrons. The number of nitrogens with zero attached hydrogens (tertiary/aromatic N) is 1. The van der Waals surface area contributed by atoms with Gasteiger partial charge in [0.05, 0.1) is 6.04 Å². The number of carbonyl (C=O) groups excluding carboxylic acids is 2. The van der Waals surface area contributed by atoms with E-state index in [4.69, 9.17) is 5.73 Å². The number of hydrogen-bond acceptors (Lipinski definition) is 4. The number of nitrogens with one attached hydrogen (secondary N) is 2. The summed E-state index contributed by atoms with van der Waals surface area (Å²) in [4.78, 5) is 24.8. The second kappa shape index (κ2) is 7.62. The van der Waals surface area contributed by atoms with E-state index >= 15 is 0 Å². The quantitative estimate of drug-likeness (QED) is 0.728. The molecule has 0 aliphatic heterocycles. The molecular weight excluding hydrogens is 256 g/mol. The molecule has 0 bridgehead atoms. The summed E-state index contributed by atoms with van der Waals surface area (Å²) in [6.07, 6.45) is 0. The molecule has 1 aromatic carbocycles. The molecule has 6 nitrogen and oxygen atoms in total. The zero-order chi connectivity index (χ0) is 15.1. The molecule has 6 heteroatoms. The number of carbonyl (C=O) groups is 2. The molecular formula is C14H22N4O2. The highest BCUT2D eigenvalue weighted by Crippen LogP contribution is 2.09. The summed E-state index contributed by atoms with van der Waals surface area (Å²) in [6, 6.07) is 7.00. The van der Waals surface area contributed by atoms with E-state index in [1.54, 1.807) is 6.92 Å². The predicted octanol–water partition coefficient (Wildman–Crippen LogP) is 0.421. The molecule has 1 atom stereocenters. The second-order valence-electron chi connectivity index (χ2n) is 4.68. The van der Waals surface area contributed by atoms with Crippen LogP contribution in [-0.2, 0) is 17.9 Å². The monoisotopic (exact) mass is 278 g/mol. The van der Waals surface area contributed by atoms with Crippen LogP contribution in [0.15, 0.2) is 24.3 Å².